The van der Waals surface area contributed by atoms with Crippen LogP contribution in [0.5, 0.6) is 0 Å². The van der Waals surface area contributed by atoms with Crippen LogP contribution >= 0.6 is 0 Å². The Morgan fingerprint density at radius 3 is 2.76 bits per heavy atom. The van der Waals surface area contributed by atoms with Gasteiger partial charge in [0.1, 0.15) is 6.10 Å². The van der Waals surface area contributed by atoms with Crippen LogP contribution in [0.1, 0.15) is 0 Å². The van der Waals surface area contributed by atoms with Crippen LogP contribution in [0.3, 0.4) is 0 Å². The van der Waals surface area contributed by atoms with Gasteiger partial charge >= 0.3 is 6.09 Å². The number of amides is 1. The topological polar surface area (TPSA) is 75.6 Å². The Morgan fingerprint density at radius 1 is 1.53 bits per heavy atom. The molecule has 1 aromatic carbocycles. The molecule has 1 aromatic rings. The van der Waals surface area contributed by atoms with Gasteiger partial charge in [-0.2, -0.15) is 5.48 Å². The zero-order chi connectivity index (χ0) is 12.3. The molecule has 0 aliphatic carbocycles. The quantitative estimate of drug-likeness (QED) is 0.561. The van der Waals surface area contributed by atoms with E-state index in [0.29, 0.717) is 6.54 Å². The van der Waals surface area contributed by atoms with Crippen molar-refractivity contribution < 1.29 is 25.0 Å². The first kappa shape index (κ1) is 11.8. The van der Waals surface area contributed by atoms with Crippen LogP contribution in [-0.4, -0.2) is 37.6 Å². The van der Waals surface area contributed by atoms with Gasteiger partial charge in [-0.3, -0.25) is 4.90 Å². The second kappa shape index (κ2) is 5.13. The van der Waals surface area contributed by atoms with Crippen molar-refractivity contribution in [2.24, 2.45) is 0 Å². The summed E-state index contributed by atoms with van der Waals surface area (Å²) < 4.78 is 4.96. The zero-order valence-electron chi connectivity index (χ0n) is 9.50. The van der Waals surface area contributed by atoms with E-state index in [4.69, 9.17) is 14.7 Å². The first-order valence-electron chi connectivity index (χ1n) is 5.29. The molecule has 0 aromatic heterocycles. The van der Waals surface area contributed by atoms with Crippen LogP contribution in [-0.2, 0) is 9.57 Å². The summed E-state index contributed by atoms with van der Waals surface area (Å²) in [4.78, 5) is 17.9. The van der Waals surface area contributed by atoms with Gasteiger partial charge in [-0.05, 0) is 12.1 Å². The minimum atomic E-state index is -0.437. The van der Waals surface area contributed by atoms with Crippen LogP contribution in [0.4, 0.5) is 16.2 Å². The molecule has 1 amide bonds. The number of carbonyl (C=O) groups excluding carboxylic acids is 1. The van der Waals surface area contributed by atoms with E-state index >= 15 is 0 Å². The van der Waals surface area contributed by atoms with Crippen LogP contribution in [0.15, 0.2) is 24.3 Å². The fourth-order valence-corrected chi connectivity index (χ4v) is 1.70. The molecule has 1 atom stereocenters. The van der Waals surface area contributed by atoms with Crippen LogP contribution in [0.25, 0.3) is 0 Å². The smallest absolute Gasteiger partial charge is 0.414 e. The Bertz CT molecular complexity index is 393. The van der Waals surface area contributed by atoms with E-state index in [0.717, 1.165) is 11.4 Å². The molecule has 1 fully saturated rings. The van der Waals surface area contributed by atoms with E-state index in [1.54, 1.807) is 12.6 Å². The molecule has 17 heavy (non-hydrogen) atoms. The first-order chi connectivity index (χ1) is 8.24. The number of quaternary nitrogens is 1. The molecule has 2 rings (SSSR count). The molecule has 0 bridgehead atoms. The van der Waals surface area contributed by atoms with Crippen molar-refractivity contribution in [2.45, 2.75) is 6.10 Å². The monoisotopic (exact) mass is 239 g/mol. The van der Waals surface area contributed by atoms with Crippen molar-refractivity contribution >= 4 is 17.5 Å². The second-order valence-corrected chi connectivity index (χ2v) is 3.74. The van der Waals surface area contributed by atoms with E-state index in [-0.39, 0.29) is 6.61 Å². The largest absolute Gasteiger partial charge is 0.441 e. The Hall–Kier alpha value is -1.63. The predicted molar refractivity (Wildman–Crippen MR) is 59.7 cm³/mol. The lowest BCUT2D eigenvalue weighted by Gasteiger charge is -2.12. The highest BCUT2D eigenvalue weighted by molar-refractivity contribution is 5.89. The molecule has 0 saturated carbocycles. The fraction of sp³-hybridized carbons (Fsp3) is 0.364. The maximum Gasteiger partial charge on any atom is 0.414 e. The summed E-state index contributed by atoms with van der Waals surface area (Å²) in [5.74, 6) is 0. The highest BCUT2D eigenvalue weighted by atomic mass is 16.6. The summed E-state index contributed by atoms with van der Waals surface area (Å²) in [6.45, 7) is 0.223. The van der Waals surface area contributed by atoms with Crippen molar-refractivity contribution in [1.29, 1.82) is 0 Å². The number of hydrogen-bond donors (Lipinski definition) is 2. The second-order valence-electron chi connectivity index (χ2n) is 3.74. The Balaban J connectivity index is 2.09. The SMILES string of the molecule is CO[NH2+]c1ccc(N2CC(CO)OC2=O)cc1. The molecule has 92 valence electrons. The van der Waals surface area contributed by atoms with Gasteiger partial charge < -0.3 is 9.84 Å². The highest BCUT2D eigenvalue weighted by Crippen LogP contribution is 2.22. The zero-order valence-corrected chi connectivity index (χ0v) is 9.50. The Kier molecular flexibility index (Phi) is 3.58. The standard InChI is InChI=1S/C11H14N2O4/c1-16-12-8-2-4-9(5-3-8)13-6-10(7-14)17-11(13)15/h2-5,10,12,14H,6-7H2,1H3/p+1. The van der Waals surface area contributed by atoms with Gasteiger partial charge in [0, 0.05) is 17.8 Å². The van der Waals surface area contributed by atoms with Gasteiger partial charge in [0.15, 0.2) is 5.69 Å². The number of benzene rings is 1. The lowest BCUT2D eigenvalue weighted by atomic mass is 10.2. The molecular weight excluding hydrogens is 224 g/mol. The van der Waals surface area contributed by atoms with Gasteiger partial charge in [0.2, 0.25) is 0 Å². The lowest BCUT2D eigenvalue weighted by Crippen LogP contribution is -2.75. The molecule has 6 nitrogen and oxygen atoms in total. The summed E-state index contributed by atoms with van der Waals surface area (Å²) in [6.07, 6.45) is -0.861. The van der Waals surface area contributed by atoms with E-state index in [1.165, 1.54) is 4.90 Å². The fourth-order valence-electron chi connectivity index (χ4n) is 1.70. The summed E-state index contributed by atoms with van der Waals surface area (Å²) in [5.41, 5.74) is 3.28. The van der Waals surface area contributed by atoms with E-state index in [1.807, 2.05) is 24.3 Å². The number of aliphatic hydroxyl groups excluding tert-OH is 1. The number of nitrogens with two attached hydrogens (primary N) is 1. The van der Waals surface area contributed by atoms with E-state index in [2.05, 4.69) is 0 Å². The first-order valence-corrected chi connectivity index (χ1v) is 5.29. The number of rotatable bonds is 4. The van der Waals surface area contributed by atoms with Gasteiger partial charge in [0.25, 0.3) is 0 Å². The minimum absolute atomic E-state index is 0.155. The molecule has 1 heterocycles. The maximum atomic E-state index is 11.5. The number of carbonyl (C=O) groups is 1. The van der Waals surface area contributed by atoms with E-state index in [9.17, 15) is 4.79 Å². The van der Waals surface area contributed by atoms with Gasteiger partial charge in [-0.25, -0.2) is 9.63 Å². The van der Waals surface area contributed by atoms with Crippen LogP contribution in [0.2, 0.25) is 0 Å². The Labute approximate surface area is 98.7 Å². The van der Waals surface area contributed by atoms with Crippen molar-refractivity contribution in [3.8, 4) is 0 Å². The molecule has 1 saturated heterocycles. The number of nitrogens with zero attached hydrogens (tertiary/aromatic N) is 1. The number of anilines is 1. The summed E-state index contributed by atoms with van der Waals surface area (Å²) in [5, 5.41) is 8.94. The molecule has 6 heteroatoms. The van der Waals surface area contributed by atoms with Crippen molar-refractivity contribution in [3.05, 3.63) is 24.3 Å². The Morgan fingerprint density at radius 2 is 2.24 bits per heavy atom. The minimum Gasteiger partial charge on any atom is -0.441 e. The van der Waals surface area contributed by atoms with Gasteiger partial charge in [-0.15, -0.1) is 0 Å². The molecule has 1 unspecified atom stereocenters. The molecule has 3 N–H and O–H groups in total. The van der Waals surface area contributed by atoms with Crippen molar-refractivity contribution in [3.63, 3.8) is 0 Å². The lowest BCUT2D eigenvalue weighted by molar-refractivity contribution is -0.830. The summed E-state index contributed by atoms with van der Waals surface area (Å²) in [6, 6.07) is 7.31. The normalized spacial score (nSPS) is 19.5. The van der Waals surface area contributed by atoms with Crippen molar-refractivity contribution in [2.75, 3.05) is 25.2 Å². The third-order valence-corrected chi connectivity index (χ3v) is 2.54. The number of cyclic esters (lactones) is 1. The summed E-state index contributed by atoms with van der Waals surface area (Å²) >= 11 is 0. The third kappa shape index (κ3) is 2.55. The number of aliphatic hydroxyl groups is 1. The van der Waals surface area contributed by atoms with E-state index < -0.39 is 12.2 Å². The molecule has 0 spiro atoms. The summed E-state index contributed by atoms with van der Waals surface area (Å²) in [7, 11) is 1.58. The van der Waals surface area contributed by atoms with Crippen molar-refractivity contribution in [1.82, 2.24) is 0 Å². The molecular formula is C11H15N2O4+. The van der Waals surface area contributed by atoms with Crippen LogP contribution in [0, 0.1) is 0 Å². The molecule has 1 aliphatic heterocycles. The van der Waals surface area contributed by atoms with Gasteiger partial charge in [-0.1, -0.05) is 0 Å². The average Bonchev–Trinajstić information content (AvgIpc) is 2.72. The van der Waals surface area contributed by atoms with Crippen LogP contribution < -0.4 is 10.4 Å². The highest BCUT2D eigenvalue weighted by Gasteiger charge is 2.31. The van der Waals surface area contributed by atoms with Gasteiger partial charge in [0.05, 0.1) is 20.3 Å². The maximum absolute atomic E-state index is 11.5. The number of ether oxygens (including phenoxy) is 1. The predicted octanol–water partition coefficient (Wildman–Crippen LogP) is -0.240. The molecule has 1 aliphatic rings. The molecule has 0 radical (unpaired) electrons. The number of hydrogen-bond acceptors (Lipinski definition) is 4. The average molecular weight is 239 g/mol. The third-order valence-electron chi connectivity index (χ3n) is 2.54.